The molecule has 0 unspecified atom stereocenters. The Morgan fingerprint density at radius 2 is 1.73 bits per heavy atom. The minimum atomic E-state index is -0.573. The number of nitrogens with two attached hydrogens (primary N) is 1. The molecule has 2 amide bonds. The predicted octanol–water partition coefficient (Wildman–Crippen LogP) is 3.46. The van der Waals surface area contributed by atoms with Crippen molar-refractivity contribution in [2.45, 2.75) is 6.42 Å². The fraction of sp³-hybridized carbons (Fsp3) is 0.100. The van der Waals surface area contributed by atoms with E-state index in [9.17, 15) is 9.59 Å². The number of hydrogen-bond acceptors (Lipinski definition) is 4. The summed E-state index contributed by atoms with van der Waals surface area (Å²) in [5, 5.41) is 4.80. The van der Waals surface area contributed by atoms with Gasteiger partial charge in [-0.3, -0.25) is 9.59 Å². The number of benzene rings is 2. The van der Waals surface area contributed by atoms with Crippen molar-refractivity contribution >= 4 is 28.2 Å². The molecule has 1 aromatic heterocycles. The molecule has 0 aliphatic rings. The van der Waals surface area contributed by atoms with Gasteiger partial charge in [0.25, 0.3) is 11.8 Å². The summed E-state index contributed by atoms with van der Waals surface area (Å²) in [7, 11) is 0. The van der Waals surface area contributed by atoms with Gasteiger partial charge in [-0.15, -0.1) is 11.3 Å². The van der Waals surface area contributed by atoms with Gasteiger partial charge in [0, 0.05) is 6.42 Å². The van der Waals surface area contributed by atoms with E-state index in [0.717, 1.165) is 17.5 Å². The van der Waals surface area contributed by atoms with E-state index in [-0.39, 0.29) is 12.5 Å². The predicted molar refractivity (Wildman–Crippen MR) is 103 cm³/mol. The van der Waals surface area contributed by atoms with Crippen LogP contribution in [0.25, 0.3) is 0 Å². The van der Waals surface area contributed by atoms with Crippen molar-refractivity contribution in [3.05, 3.63) is 82.7 Å². The van der Waals surface area contributed by atoms with Crippen molar-refractivity contribution in [3.63, 3.8) is 0 Å². The van der Waals surface area contributed by atoms with Gasteiger partial charge in [0.1, 0.15) is 10.8 Å². The molecular weight excluding hydrogens is 348 g/mol. The summed E-state index contributed by atoms with van der Waals surface area (Å²) >= 11 is 1.24. The summed E-state index contributed by atoms with van der Waals surface area (Å²) in [6.45, 7) is -0.151. The van der Waals surface area contributed by atoms with E-state index in [1.807, 2.05) is 54.6 Å². The first-order valence-electron chi connectivity index (χ1n) is 8.05. The Bertz CT molecular complexity index is 906. The number of nitrogens with one attached hydrogen (secondary N) is 1. The number of thiophene rings is 1. The molecule has 0 saturated heterocycles. The number of anilines is 1. The van der Waals surface area contributed by atoms with Crippen LogP contribution < -0.4 is 15.8 Å². The molecular formula is C20H18N2O3S. The zero-order chi connectivity index (χ0) is 18.4. The zero-order valence-electron chi connectivity index (χ0n) is 14.0. The van der Waals surface area contributed by atoms with E-state index in [0.29, 0.717) is 16.3 Å². The third kappa shape index (κ3) is 4.49. The summed E-state index contributed by atoms with van der Waals surface area (Å²) in [6.07, 6.45) is 0.718. The van der Waals surface area contributed by atoms with E-state index < -0.39 is 5.91 Å². The second kappa shape index (κ2) is 8.31. The zero-order valence-corrected chi connectivity index (χ0v) is 14.8. The molecule has 0 aliphatic carbocycles. The molecule has 26 heavy (non-hydrogen) atoms. The second-order valence-corrected chi connectivity index (χ2v) is 6.55. The van der Waals surface area contributed by atoms with Gasteiger partial charge < -0.3 is 15.8 Å². The Hall–Kier alpha value is -3.12. The maximum absolute atomic E-state index is 12.1. The van der Waals surface area contributed by atoms with E-state index in [1.54, 1.807) is 11.4 Å². The average Bonchev–Trinajstić information content (AvgIpc) is 3.10. The molecule has 0 bridgehead atoms. The summed E-state index contributed by atoms with van der Waals surface area (Å²) in [4.78, 5) is 23.5. The van der Waals surface area contributed by atoms with Gasteiger partial charge in [0.05, 0.1) is 5.56 Å². The maximum atomic E-state index is 12.1. The van der Waals surface area contributed by atoms with Gasteiger partial charge in [-0.1, -0.05) is 48.5 Å². The first-order chi connectivity index (χ1) is 12.6. The molecule has 2 aromatic carbocycles. The standard InChI is InChI=1S/C20H18N2O3S/c21-19(24)16-10-11-26-20(16)22-18(23)13-25-17-9-5-4-8-15(17)12-14-6-2-1-3-7-14/h1-11H,12-13H2,(H2,21,24)(H,22,23). The summed E-state index contributed by atoms with van der Waals surface area (Å²) in [6, 6.07) is 19.3. The molecule has 1 heterocycles. The Morgan fingerprint density at radius 3 is 2.50 bits per heavy atom. The van der Waals surface area contributed by atoms with Crippen LogP contribution in [-0.2, 0) is 11.2 Å². The molecule has 3 N–H and O–H groups in total. The highest BCUT2D eigenvalue weighted by Crippen LogP contribution is 2.24. The molecule has 6 heteroatoms. The minimum absolute atomic E-state index is 0.151. The quantitative estimate of drug-likeness (QED) is 0.672. The van der Waals surface area contributed by atoms with Crippen LogP contribution in [0.1, 0.15) is 21.5 Å². The van der Waals surface area contributed by atoms with Crippen LogP contribution in [0.3, 0.4) is 0 Å². The molecule has 5 nitrogen and oxygen atoms in total. The smallest absolute Gasteiger partial charge is 0.262 e. The third-order valence-corrected chi connectivity index (χ3v) is 4.58. The van der Waals surface area contributed by atoms with Gasteiger partial charge in [-0.25, -0.2) is 0 Å². The van der Waals surface area contributed by atoms with Crippen molar-refractivity contribution in [3.8, 4) is 5.75 Å². The molecule has 3 rings (SSSR count). The molecule has 0 fully saturated rings. The molecule has 0 saturated carbocycles. The Balaban J connectivity index is 1.63. The summed E-state index contributed by atoms with van der Waals surface area (Å²) in [5.74, 6) is -0.257. The molecule has 0 spiro atoms. The second-order valence-electron chi connectivity index (χ2n) is 5.63. The van der Waals surface area contributed by atoms with Crippen molar-refractivity contribution in [2.75, 3.05) is 11.9 Å². The molecule has 0 atom stereocenters. The van der Waals surface area contributed by atoms with Crippen LogP contribution >= 0.6 is 11.3 Å². The highest BCUT2D eigenvalue weighted by molar-refractivity contribution is 7.14. The Morgan fingerprint density at radius 1 is 1.00 bits per heavy atom. The number of carbonyl (C=O) groups is 2. The Labute approximate surface area is 155 Å². The van der Waals surface area contributed by atoms with Crippen molar-refractivity contribution in [2.24, 2.45) is 5.73 Å². The number of primary amides is 1. The lowest BCUT2D eigenvalue weighted by molar-refractivity contribution is -0.118. The lowest BCUT2D eigenvalue weighted by Crippen LogP contribution is -2.22. The van der Waals surface area contributed by atoms with Crippen LogP contribution in [0.4, 0.5) is 5.00 Å². The Kier molecular flexibility index (Phi) is 5.66. The van der Waals surface area contributed by atoms with Gasteiger partial charge in [-0.2, -0.15) is 0 Å². The van der Waals surface area contributed by atoms with Gasteiger partial charge >= 0.3 is 0 Å². The average molecular weight is 366 g/mol. The number of rotatable bonds is 7. The SMILES string of the molecule is NC(=O)c1ccsc1NC(=O)COc1ccccc1Cc1ccccc1. The number of carbonyl (C=O) groups excluding carboxylic acids is 2. The van der Waals surface area contributed by atoms with Crippen LogP contribution in [0.15, 0.2) is 66.0 Å². The highest BCUT2D eigenvalue weighted by Gasteiger charge is 2.13. The third-order valence-electron chi connectivity index (χ3n) is 3.75. The fourth-order valence-corrected chi connectivity index (χ4v) is 3.32. The molecule has 132 valence electrons. The summed E-state index contributed by atoms with van der Waals surface area (Å²) < 4.78 is 5.70. The van der Waals surface area contributed by atoms with Gasteiger partial charge in [0.2, 0.25) is 0 Å². The number of amides is 2. The van der Waals surface area contributed by atoms with Crippen molar-refractivity contribution in [1.82, 2.24) is 0 Å². The van der Waals surface area contributed by atoms with E-state index in [1.165, 1.54) is 11.3 Å². The van der Waals surface area contributed by atoms with Crippen molar-refractivity contribution < 1.29 is 14.3 Å². The van der Waals surface area contributed by atoms with E-state index >= 15 is 0 Å². The number of hydrogen-bond donors (Lipinski definition) is 2. The highest BCUT2D eigenvalue weighted by atomic mass is 32.1. The van der Waals surface area contributed by atoms with Crippen LogP contribution in [0.5, 0.6) is 5.75 Å². The lowest BCUT2D eigenvalue weighted by atomic mass is 10.0. The van der Waals surface area contributed by atoms with Gasteiger partial charge in [-0.05, 0) is 28.6 Å². The minimum Gasteiger partial charge on any atom is -0.483 e. The first kappa shape index (κ1) is 17.7. The lowest BCUT2D eigenvalue weighted by Gasteiger charge is -2.11. The number of para-hydroxylation sites is 1. The van der Waals surface area contributed by atoms with E-state index in [4.69, 9.17) is 10.5 Å². The summed E-state index contributed by atoms with van der Waals surface area (Å²) in [5.41, 5.74) is 7.74. The topological polar surface area (TPSA) is 81.4 Å². The molecule has 0 aliphatic heterocycles. The number of ether oxygens (including phenoxy) is 1. The molecule has 3 aromatic rings. The van der Waals surface area contributed by atoms with Crippen LogP contribution in [0, 0.1) is 0 Å². The molecule has 0 radical (unpaired) electrons. The van der Waals surface area contributed by atoms with E-state index in [2.05, 4.69) is 5.32 Å². The van der Waals surface area contributed by atoms with Crippen LogP contribution in [-0.4, -0.2) is 18.4 Å². The maximum Gasteiger partial charge on any atom is 0.262 e. The normalized spacial score (nSPS) is 10.3. The largest absolute Gasteiger partial charge is 0.483 e. The van der Waals surface area contributed by atoms with Crippen LogP contribution in [0.2, 0.25) is 0 Å². The first-order valence-corrected chi connectivity index (χ1v) is 8.93. The fourth-order valence-electron chi connectivity index (χ4n) is 2.51. The monoisotopic (exact) mass is 366 g/mol. The van der Waals surface area contributed by atoms with Crippen molar-refractivity contribution in [1.29, 1.82) is 0 Å². The van der Waals surface area contributed by atoms with Gasteiger partial charge in [0.15, 0.2) is 6.61 Å².